The first-order valence-corrected chi connectivity index (χ1v) is 19.8. The van der Waals surface area contributed by atoms with E-state index < -0.39 is 109 Å². The minimum absolute atomic E-state index is 0.00904. The molecule has 13 rings (SSSR count). The molecule has 0 saturated heterocycles. The molecule has 0 aliphatic rings. The van der Waals surface area contributed by atoms with Gasteiger partial charge in [0.15, 0.2) is 17.5 Å². The third-order valence-corrected chi connectivity index (χ3v) is 12.7. The van der Waals surface area contributed by atoms with Crippen molar-refractivity contribution >= 4 is 107 Å². The quantitative estimate of drug-likeness (QED) is 0.178. The standard InChI is InChI=1S/C53H29N3OS2/c1-3-14-35-32(12-1)28-40(47-38-17-6-9-22-44(38)58-49(35)47)52-54-51(31-26-24-30(25-27-31)34-19-11-21-43-46(34)37-16-5-8-20-42(37)57-43)55-53(56-52)41-29-33-13-2-4-15-36(33)50-48(41)39-18-7-10-23-45(39)59-50/h1-29H/i1D,2D,3D,4D,6D,7D,9D,10D,12D,13D,14D,15D,17D,18D,22D,23D,28D,29D. The molecule has 9 aromatic carbocycles. The summed E-state index contributed by atoms with van der Waals surface area (Å²) in [7, 11) is 0. The molecule has 0 aliphatic heterocycles. The molecule has 0 amide bonds. The Morgan fingerprint density at radius 1 is 0.407 bits per heavy atom. The monoisotopic (exact) mass is 805 g/mol. The largest absolute Gasteiger partial charge is 0.456 e. The summed E-state index contributed by atoms with van der Waals surface area (Å²) in [5, 5.41) is 0.682. The second kappa shape index (κ2) is 12.6. The fourth-order valence-corrected chi connectivity index (χ4v) is 10.1. The molecule has 0 spiro atoms. The summed E-state index contributed by atoms with van der Waals surface area (Å²) >= 11 is 1.68. The molecule has 4 nitrogen and oxygen atoms in total. The van der Waals surface area contributed by atoms with Crippen LogP contribution in [0.4, 0.5) is 0 Å². The maximum absolute atomic E-state index is 9.99. The molecule has 0 atom stereocenters. The number of rotatable bonds is 4. The Bertz CT molecular complexity index is 4690. The van der Waals surface area contributed by atoms with Gasteiger partial charge in [-0.05, 0) is 69.0 Å². The molecule has 0 radical (unpaired) electrons. The van der Waals surface area contributed by atoms with Gasteiger partial charge in [-0.25, -0.2) is 15.0 Å². The van der Waals surface area contributed by atoms with E-state index in [0.717, 1.165) is 44.6 Å². The van der Waals surface area contributed by atoms with E-state index in [1.54, 1.807) is 12.1 Å². The normalized spacial score (nSPS) is 16.3. The minimum atomic E-state index is -0.668. The maximum Gasteiger partial charge on any atom is 0.164 e. The zero-order valence-electron chi connectivity index (χ0n) is 47.9. The summed E-state index contributed by atoms with van der Waals surface area (Å²) in [6, 6.07) is 10.1. The fraction of sp³-hybridized carbons (Fsp3) is 0. The zero-order chi connectivity index (χ0) is 54.3. The number of benzene rings is 9. The van der Waals surface area contributed by atoms with Crippen molar-refractivity contribution < 1.29 is 29.1 Å². The van der Waals surface area contributed by atoms with Crippen LogP contribution in [0.2, 0.25) is 0 Å². The molecule has 4 heterocycles. The van der Waals surface area contributed by atoms with Crippen molar-refractivity contribution in [2.45, 2.75) is 0 Å². The van der Waals surface area contributed by atoms with Crippen molar-refractivity contribution in [2.75, 3.05) is 0 Å². The smallest absolute Gasteiger partial charge is 0.164 e. The van der Waals surface area contributed by atoms with Crippen LogP contribution in [0.3, 0.4) is 0 Å². The summed E-state index contributed by atoms with van der Waals surface area (Å²) in [5.74, 6) is -0.856. The van der Waals surface area contributed by atoms with Crippen molar-refractivity contribution in [3.05, 3.63) is 175 Å². The Morgan fingerprint density at radius 2 is 0.915 bits per heavy atom. The number of furan rings is 1. The van der Waals surface area contributed by atoms with E-state index >= 15 is 0 Å². The number of para-hydroxylation sites is 1. The van der Waals surface area contributed by atoms with Crippen molar-refractivity contribution in [3.8, 4) is 45.3 Å². The van der Waals surface area contributed by atoms with E-state index in [0.29, 0.717) is 16.7 Å². The lowest BCUT2D eigenvalue weighted by molar-refractivity contribution is 0.669. The Hall–Kier alpha value is -7.25. The molecule has 4 aromatic heterocycles. The van der Waals surface area contributed by atoms with Crippen LogP contribution in [0.25, 0.3) is 129 Å². The summed E-state index contributed by atoms with van der Waals surface area (Å²) in [5.41, 5.74) is 2.80. The van der Waals surface area contributed by atoms with E-state index in [2.05, 4.69) is 0 Å². The molecule has 0 fully saturated rings. The van der Waals surface area contributed by atoms with E-state index in [1.807, 2.05) is 54.6 Å². The average Bonchev–Trinajstić information content (AvgIpc) is 4.38. The molecule has 0 unspecified atom stereocenters. The second-order valence-corrected chi connectivity index (χ2v) is 15.7. The number of hydrogen-bond donors (Lipinski definition) is 0. The average molecular weight is 806 g/mol. The Kier molecular flexibility index (Phi) is 4.27. The number of thiophene rings is 2. The summed E-state index contributed by atoms with van der Waals surface area (Å²) in [6.07, 6.45) is 0. The summed E-state index contributed by atoms with van der Waals surface area (Å²) < 4.78 is 169. The first kappa shape index (κ1) is 19.9. The highest BCUT2D eigenvalue weighted by Gasteiger charge is 2.22. The van der Waals surface area contributed by atoms with Crippen LogP contribution in [-0.2, 0) is 0 Å². The van der Waals surface area contributed by atoms with E-state index in [1.165, 1.54) is 0 Å². The summed E-state index contributed by atoms with van der Waals surface area (Å²) in [6.45, 7) is 0. The van der Waals surface area contributed by atoms with E-state index in [4.69, 9.17) is 38.6 Å². The fourth-order valence-electron chi connectivity index (χ4n) is 7.88. The topological polar surface area (TPSA) is 51.8 Å². The number of fused-ring (bicyclic) bond motifs is 13. The zero-order valence-corrected chi connectivity index (χ0v) is 31.6. The van der Waals surface area contributed by atoms with Crippen LogP contribution >= 0.6 is 22.7 Å². The van der Waals surface area contributed by atoms with E-state index in [-0.39, 0.29) is 90.5 Å². The SMILES string of the molecule is [2H]c1c([2H])c([2H])c2c(sc3c4c([2H])c([2H])c([2H])c([2H])c4c([2H])c(-c4nc(-c5ccc(-c6cccc7oc8ccccc8c67)cc5)nc(-c5c([2H])c6c([2H])c([2H])c([2H])c([2H])c6c6sc7c([2H])c([2H])c([2H])c([2H])c7c56)n4)c32)c1[2H]. The molecule has 0 bridgehead atoms. The van der Waals surface area contributed by atoms with Crippen molar-refractivity contribution in [1.82, 2.24) is 15.0 Å². The van der Waals surface area contributed by atoms with Gasteiger partial charge in [-0.1, -0.05) is 139 Å². The van der Waals surface area contributed by atoms with Gasteiger partial charge in [0.2, 0.25) is 0 Å². The summed E-state index contributed by atoms with van der Waals surface area (Å²) in [4.78, 5) is 14.9. The van der Waals surface area contributed by atoms with Crippen LogP contribution in [0.1, 0.15) is 24.7 Å². The van der Waals surface area contributed by atoms with Crippen LogP contribution in [-0.4, -0.2) is 15.0 Å². The third kappa shape index (κ3) is 4.97. The lowest BCUT2D eigenvalue weighted by Crippen LogP contribution is -2.01. The Labute approximate surface area is 370 Å². The lowest BCUT2D eigenvalue weighted by Gasteiger charge is -2.13. The number of hydrogen-bond acceptors (Lipinski definition) is 6. The highest BCUT2D eigenvalue weighted by molar-refractivity contribution is 7.27. The molecule has 0 N–H and O–H groups in total. The first-order valence-electron chi connectivity index (χ1n) is 27.2. The van der Waals surface area contributed by atoms with Gasteiger partial charge >= 0.3 is 0 Å². The van der Waals surface area contributed by atoms with Gasteiger partial charge in [0.1, 0.15) is 11.2 Å². The molecular formula is C53H29N3OS2. The second-order valence-electron chi connectivity index (χ2n) is 13.7. The van der Waals surface area contributed by atoms with Gasteiger partial charge in [0.05, 0.1) is 24.7 Å². The van der Waals surface area contributed by atoms with Crippen LogP contribution in [0, 0.1) is 0 Å². The highest BCUT2D eigenvalue weighted by Crippen LogP contribution is 2.46. The molecule has 6 heteroatoms. The molecular weight excluding hydrogens is 759 g/mol. The lowest BCUT2D eigenvalue weighted by atomic mass is 9.98. The van der Waals surface area contributed by atoms with Crippen LogP contribution < -0.4 is 0 Å². The first-order chi connectivity index (χ1) is 36.7. The minimum Gasteiger partial charge on any atom is -0.456 e. The maximum atomic E-state index is 9.99. The van der Waals surface area contributed by atoms with Gasteiger partial charge in [0, 0.05) is 67.8 Å². The third-order valence-electron chi connectivity index (χ3n) is 10.4. The highest BCUT2D eigenvalue weighted by atomic mass is 32.1. The van der Waals surface area contributed by atoms with Gasteiger partial charge < -0.3 is 4.42 Å². The van der Waals surface area contributed by atoms with Crippen molar-refractivity contribution in [3.63, 3.8) is 0 Å². The molecule has 0 aliphatic carbocycles. The van der Waals surface area contributed by atoms with Crippen LogP contribution in [0.15, 0.2) is 180 Å². The molecule has 0 saturated carbocycles. The van der Waals surface area contributed by atoms with Gasteiger partial charge in [-0.2, -0.15) is 0 Å². The van der Waals surface area contributed by atoms with Crippen molar-refractivity contribution in [2.24, 2.45) is 0 Å². The van der Waals surface area contributed by atoms with Gasteiger partial charge in [-0.15, -0.1) is 22.7 Å². The van der Waals surface area contributed by atoms with Gasteiger partial charge in [0.25, 0.3) is 0 Å². The van der Waals surface area contributed by atoms with Crippen molar-refractivity contribution in [1.29, 1.82) is 0 Å². The van der Waals surface area contributed by atoms with Crippen LogP contribution in [0.5, 0.6) is 0 Å². The van der Waals surface area contributed by atoms with Gasteiger partial charge in [-0.3, -0.25) is 0 Å². The Morgan fingerprint density at radius 3 is 1.54 bits per heavy atom. The predicted octanol–water partition coefficient (Wildman–Crippen LogP) is 15.5. The Balaban J connectivity index is 1.21. The molecule has 59 heavy (non-hydrogen) atoms. The molecule has 13 aromatic rings. The number of aromatic nitrogens is 3. The molecule has 274 valence electrons. The van der Waals surface area contributed by atoms with E-state index in [9.17, 15) is 5.48 Å². The number of nitrogens with zero attached hydrogens (tertiary/aromatic N) is 3. The predicted molar refractivity (Wildman–Crippen MR) is 250 cm³/mol.